The largest absolute Gasteiger partial charge is 0.490 e. The van der Waals surface area contributed by atoms with Gasteiger partial charge < -0.3 is 14.2 Å². The van der Waals surface area contributed by atoms with E-state index in [1.165, 1.54) is 30.3 Å². The van der Waals surface area contributed by atoms with Crippen molar-refractivity contribution in [2.75, 3.05) is 6.61 Å². The summed E-state index contributed by atoms with van der Waals surface area (Å²) in [6, 6.07) is 10.3. The lowest BCUT2D eigenvalue weighted by Gasteiger charge is -2.12. The minimum Gasteiger partial charge on any atom is -0.490 e. The van der Waals surface area contributed by atoms with Crippen molar-refractivity contribution in [3.05, 3.63) is 58.0 Å². The van der Waals surface area contributed by atoms with Crippen molar-refractivity contribution in [2.45, 2.75) is 11.8 Å². The zero-order valence-corrected chi connectivity index (χ0v) is 17.7. The summed E-state index contributed by atoms with van der Waals surface area (Å²) in [4.78, 5) is 12.2. The molecule has 1 fully saturated rings. The highest BCUT2D eigenvalue weighted by Gasteiger charge is 2.23. The van der Waals surface area contributed by atoms with Crippen LogP contribution in [0.2, 0.25) is 5.02 Å². The summed E-state index contributed by atoms with van der Waals surface area (Å²) in [5.41, 5.74) is 0.641. The zero-order chi connectivity index (χ0) is 20.3. The van der Waals surface area contributed by atoms with E-state index >= 15 is 0 Å². The Hall–Kier alpha value is -2.07. The molecular weight excluding hydrogens is 442 g/mol. The third kappa shape index (κ3) is 4.85. The molecule has 28 heavy (non-hydrogen) atoms. The monoisotopic (exact) mass is 455 g/mol. The van der Waals surface area contributed by atoms with Crippen LogP contribution in [0.3, 0.4) is 0 Å². The Morgan fingerprint density at radius 2 is 1.89 bits per heavy atom. The van der Waals surface area contributed by atoms with E-state index in [-0.39, 0.29) is 22.3 Å². The van der Waals surface area contributed by atoms with Gasteiger partial charge in [0.1, 0.15) is 9.22 Å². The molecule has 0 atom stereocenters. The van der Waals surface area contributed by atoms with Crippen LogP contribution >= 0.6 is 35.6 Å². The summed E-state index contributed by atoms with van der Waals surface area (Å²) in [6.07, 6.45) is 1.64. The third-order valence-corrected chi connectivity index (χ3v) is 6.17. The Bertz CT molecular complexity index is 1070. The fraction of sp³-hybridized carbons (Fsp3) is 0.111. The van der Waals surface area contributed by atoms with Gasteiger partial charge in [0.05, 0.1) is 11.5 Å². The molecule has 146 valence electrons. The van der Waals surface area contributed by atoms with E-state index in [2.05, 4.69) is 5.32 Å². The molecule has 1 saturated heterocycles. The molecule has 0 unspecified atom stereocenters. The number of nitrogens with one attached hydrogen (secondary N) is 1. The van der Waals surface area contributed by atoms with Gasteiger partial charge in [0.25, 0.3) is 5.91 Å². The van der Waals surface area contributed by atoms with Gasteiger partial charge in [-0.2, -0.15) is 8.42 Å². The molecule has 2 aromatic rings. The number of benzene rings is 2. The molecule has 6 nitrogen and oxygen atoms in total. The van der Waals surface area contributed by atoms with Crippen LogP contribution in [0.25, 0.3) is 6.08 Å². The second kappa shape index (κ2) is 8.52. The van der Waals surface area contributed by atoms with Crippen LogP contribution in [0, 0.1) is 0 Å². The standard InChI is InChI=1S/C18H14ClNO5S3/c1-2-24-15-9-11(10-16-17(21)20-18(26)27-16)3-8-14(15)25-28(22,23)13-6-4-12(19)5-7-13/h3-10H,2H2,1H3,(H,20,21,26)/b16-10-. The lowest BCUT2D eigenvalue weighted by Crippen LogP contribution is -2.17. The number of rotatable bonds is 6. The highest BCUT2D eigenvalue weighted by Crippen LogP contribution is 2.33. The summed E-state index contributed by atoms with van der Waals surface area (Å²) >= 11 is 11.9. The van der Waals surface area contributed by atoms with Crippen molar-refractivity contribution < 1.29 is 22.1 Å². The number of thioether (sulfide) groups is 1. The molecule has 1 aliphatic heterocycles. The molecule has 0 bridgehead atoms. The maximum atomic E-state index is 12.5. The number of carbonyl (C=O) groups excluding carboxylic acids is 1. The molecule has 0 saturated carbocycles. The molecule has 0 spiro atoms. The van der Waals surface area contributed by atoms with Crippen LogP contribution in [0.1, 0.15) is 12.5 Å². The van der Waals surface area contributed by atoms with Crippen LogP contribution < -0.4 is 14.2 Å². The smallest absolute Gasteiger partial charge is 0.339 e. The van der Waals surface area contributed by atoms with Crippen molar-refractivity contribution in [3.8, 4) is 11.5 Å². The second-order valence-corrected chi connectivity index (χ2v) is 9.18. The minimum atomic E-state index is -4.06. The highest BCUT2D eigenvalue weighted by molar-refractivity contribution is 8.26. The maximum absolute atomic E-state index is 12.5. The van der Waals surface area contributed by atoms with Crippen LogP contribution in [0.4, 0.5) is 0 Å². The summed E-state index contributed by atoms with van der Waals surface area (Å²) in [5.74, 6) is -0.00281. The van der Waals surface area contributed by atoms with Gasteiger partial charge >= 0.3 is 10.1 Å². The molecular formula is C18H14ClNO5S3. The van der Waals surface area contributed by atoms with Crippen LogP contribution in [0.5, 0.6) is 11.5 Å². The van der Waals surface area contributed by atoms with Crippen LogP contribution in [-0.4, -0.2) is 25.3 Å². The Morgan fingerprint density at radius 1 is 1.18 bits per heavy atom. The van der Waals surface area contributed by atoms with Gasteiger partial charge in [0.15, 0.2) is 11.5 Å². The predicted molar refractivity (Wildman–Crippen MR) is 113 cm³/mol. The van der Waals surface area contributed by atoms with E-state index in [9.17, 15) is 13.2 Å². The average Bonchev–Trinajstić information content (AvgIpc) is 2.95. The normalized spacial score (nSPS) is 15.6. The van der Waals surface area contributed by atoms with E-state index in [1.54, 1.807) is 25.1 Å². The molecule has 1 aliphatic rings. The predicted octanol–water partition coefficient (Wildman–Crippen LogP) is 4.00. The average molecular weight is 456 g/mol. The third-order valence-electron chi connectivity index (χ3n) is 3.51. The first-order valence-corrected chi connectivity index (χ1v) is 11.0. The van der Waals surface area contributed by atoms with Gasteiger partial charge in [-0.3, -0.25) is 4.79 Å². The van der Waals surface area contributed by atoms with E-state index in [4.69, 9.17) is 32.7 Å². The van der Waals surface area contributed by atoms with Gasteiger partial charge in [-0.15, -0.1) is 0 Å². The number of carbonyl (C=O) groups is 1. The van der Waals surface area contributed by atoms with E-state index in [1.807, 2.05) is 0 Å². The summed E-state index contributed by atoms with van der Waals surface area (Å²) in [7, 11) is -4.06. The molecule has 0 aliphatic carbocycles. The molecule has 2 aromatic carbocycles. The molecule has 3 rings (SSSR count). The molecule has 1 N–H and O–H groups in total. The van der Waals surface area contributed by atoms with Gasteiger partial charge in [-0.05, 0) is 55.0 Å². The molecule has 1 heterocycles. The maximum Gasteiger partial charge on any atom is 0.339 e. The molecule has 0 radical (unpaired) electrons. The first kappa shape index (κ1) is 20.7. The lowest BCUT2D eigenvalue weighted by atomic mass is 10.2. The summed E-state index contributed by atoms with van der Waals surface area (Å²) < 4.78 is 36.2. The lowest BCUT2D eigenvalue weighted by molar-refractivity contribution is -0.115. The number of halogens is 1. The number of hydrogen-bond donors (Lipinski definition) is 1. The summed E-state index contributed by atoms with van der Waals surface area (Å²) in [6.45, 7) is 2.07. The fourth-order valence-electron chi connectivity index (χ4n) is 2.29. The van der Waals surface area contributed by atoms with Crippen molar-refractivity contribution in [2.24, 2.45) is 0 Å². The van der Waals surface area contributed by atoms with E-state index in [0.29, 0.717) is 26.4 Å². The first-order chi connectivity index (χ1) is 13.3. The highest BCUT2D eigenvalue weighted by atomic mass is 35.5. The van der Waals surface area contributed by atoms with Gasteiger partial charge in [0, 0.05) is 5.02 Å². The van der Waals surface area contributed by atoms with Gasteiger partial charge in [-0.1, -0.05) is 41.6 Å². The Balaban J connectivity index is 1.91. The fourth-order valence-corrected chi connectivity index (χ4v) is 4.40. The van der Waals surface area contributed by atoms with Crippen molar-refractivity contribution >= 4 is 62.0 Å². The first-order valence-electron chi connectivity index (χ1n) is 8.00. The number of hydrogen-bond acceptors (Lipinski definition) is 7. The van der Waals surface area contributed by atoms with Crippen molar-refractivity contribution in [3.63, 3.8) is 0 Å². The summed E-state index contributed by atoms with van der Waals surface area (Å²) in [5, 5.41) is 2.95. The molecule has 10 heteroatoms. The molecule has 1 amide bonds. The van der Waals surface area contributed by atoms with E-state index in [0.717, 1.165) is 11.8 Å². The number of amides is 1. The van der Waals surface area contributed by atoms with Gasteiger partial charge in [0.2, 0.25) is 0 Å². The zero-order valence-electron chi connectivity index (χ0n) is 14.5. The Labute approximate surface area is 177 Å². The topological polar surface area (TPSA) is 81.7 Å². The van der Waals surface area contributed by atoms with Crippen LogP contribution in [0.15, 0.2) is 52.3 Å². The van der Waals surface area contributed by atoms with Crippen molar-refractivity contribution in [1.29, 1.82) is 0 Å². The van der Waals surface area contributed by atoms with Crippen LogP contribution in [-0.2, 0) is 14.9 Å². The van der Waals surface area contributed by atoms with E-state index < -0.39 is 10.1 Å². The Kier molecular flexibility index (Phi) is 6.29. The molecule has 0 aromatic heterocycles. The quantitative estimate of drug-likeness (QED) is 0.400. The number of ether oxygens (including phenoxy) is 1. The minimum absolute atomic E-state index is 0.0296. The van der Waals surface area contributed by atoms with Gasteiger partial charge in [-0.25, -0.2) is 0 Å². The SMILES string of the molecule is CCOc1cc(/C=C2\SC(=S)NC2=O)ccc1OS(=O)(=O)c1ccc(Cl)cc1. The Morgan fingerprint density at radius 3 is 2.50 bits per heavy atom. The van der Waals surface area contributed by atoms with Crippen molar-refractivity contribution in [1.82, 2.24) is 5.32 Å². The second-order valence-electron chi connectivity index (χ2n) is 5.48. The number of thiocarbonyl (C=S) groups is 1.